The molecule has 0 unspecified atom stereocenters. The lowest BCUT2D eigenvalue weighted by Crippen LogP contribution is -2.24. The van der Waals surface area contributed by atoms with Crippen LogP contribution in [-0.2, 0) is 6.61 Å². The minimum Gasteiger partial charge on any atom is -0.495 e. The van der Waals surface area contributed by atoms with E-state index in [-0.39, 0.29) is 11.3 Å². The fraction of sp³-hybridized carbons (Fsp3) is 0.375. The highest BCUT2D eigenvalue weighted by molar-refractivity contribution is 5.41. The van der Waals surface area contributed by atoms with Crippen molar-refractivity contribution in [1.82, 2.24) is 4.98 Å². The lowest BCUT2D eigenvalue weighted by molar-refractivity contribution is -0.275. The monoisotopic (exact) mass is 239 g/mol. The maximum absolute atomic E-state index is 12.0. The summed E-state index contributed by atoms with van der Waals surface area (Å²) in [5.74, 6) is -1.12. The van der Waals surface area contributed by atoms with Crippen LogP contribution in [0.1, 0.15) is 5.56 Å². The standard InChI is InChI=1S/C8H8F3NO4/c1-15-5-2-12-7(14)6(4(5)3-13)16-8(9,10)11/h2,13H,3H2,1H3,(H,12,14). The molecule has 1 heterocycles. The molecule has 0 saturated carbocycles. The molecule has 0 aromatic carbocycles. The molecule has 1 aromatic heterocycles. The van der Waals surface area contributed by atoms with Crippen LogP contribution in [0.25, 0.3) is 0 Å². The number of rotatable bonds is 3. The molecule has 1 aromatic rings. The van der Waals surface area contributed by atoms with Gasteiger partial charge in [-0.25, -0.2) is 0 Å². The van der Waals surface area contributed by atoms with Crippen molar-refractivity contribution in [3.05, 3.63) is 22.1 Å². The summed E-state index contributed by atoms with van der Waals surface area (Å²) in [6.07, 6.45) is -3.97. The average Bonchev–Trinajstić information content (AvgIpc) is 2.19. The van der Waals surface area contributed by atoms with Crippen molar-refractivity contribution in [2.24, 2.45) is 0 Å². The van der Waals surface area contributed by atoms with Gasteiger partial charge in [0.1, 0.15) is 5.75 Å². The van der Waals surface area contributed by atoms with E-state index >= 15 is 0 Å². The van der Waals surface area contributed by atoms with E-state index in [1.807, 2.05) is 4.98 Å². The quantitative estimate of drug-likeness (QED) is 0.817. The number of alkyl halides is 3. The fourth-order valence-corrected chi connectivity index (χ4v) is 1.09. The number of halogens is 3. The summed E-state index contributed by atoms with van der Waals surface area (Å²) in [5.41, 5.74) is -1.45. The van der Waals surface area contributed by atoms with Crippen LogP contribution >= 0.6 is 0 Å². The SMILES string of the molecule is COc1c[nH]c(=O)c(OC(F)(F)F)c1CO. The van der Waals surface area contributed by atoms with E-state index in [2.05, 4.69) is 9.47 Å². The molecule has 90 valence electrons. The zero-order chi connectivity index (χ0) is 12.3. The van der Waals surface area contributed by atoms with Crippen molar-refractivity contribution in [2.45, 2.75) is 13.0 Å². The number of aromatic amines is 1. The number of ether oxygens (including phenoxy) is 2. The predicted molar refractivity (Wildman–Crippen MR) is 46.2 cm³/mol. The van der Waals surface area contributed by atoms with Crippen molar-refractivity contribution >= 4 is 0 Å². The number of methoxy groups -OCH3 is 1. The number of hydrogen-bond acceptors (Lipinski definition) is 4. The van der Waals surface area contributed by atoms with Gasteiger partial charge in [-0.3, -0.25) is 4.79 Å². The molecular weight excluding hydrogens is 231 g/mol. The van der Waals surface area contributed by atoms with E-state index < -0.39 is 24.3 Å². The van der Waals surface area contributed by atoms with Gasteiger partial charge in [0, 0.05) is 6.20 Å². The summed E-state index contributed by atoms with van der Waals surface area (Å²) in [7, 11) is 1.18. The molecule has 2 N–H and O–H groups in total. The van der Waals surface area contributed by atoms with Gasteiger partial charge >= 0.3 is 6.36 Å². The summed E-state index contributed by atoms with van der Waals surface area (Å²) >= 11 is 0. The maximum atomic E-state index is 12.0. The number of hydrogen-bond donors (Lipinski definition) is 2. The van der Waals surface area contributed by atoms with E-state index in [1.165, 1.54) is 7.11 Å². The fourth-order valence-electron chi connectivity index (χ4n) is 1.09. The minimum atomic E-state index is -5.01. The van der Waals surface area contributed by atoms with Gasteiger partial charge in [0.05, 0.1) is 19.3 Å². The first kappa shape index (κ1) is 12.4. The molecule has 0 spiro atoms. The molecule has 0 aliphatic carbocycles. The molecule has 1 rings (SSSR count). The molecule has 0 atom stereocenters. The van der Waals surface area contributed by atoms with Gasteiger partial charge in [-0.1, -0.05) is 0 Å². The van der Waals surface area contributed by atoms with Gasteiger partial charge in [0.2, 0.25) is 5.75 Å². The highest BCUT2D eigenvalue weighted by Gasteiger charge is 2.34. The molecule has 0 aliphatic heterocycles. The molecular formula is C8H8F3NO4. The Morgan fingerprint density at radius 3 is 2.56 bits per heavy atom. The molecule has 5 nitrogen and oxygen atoms in total. The second-order valence-corrected chi connectivity index (χ2v) is 2.70. The van der Waals surface area contributed by atoms with E-state index in [4.69, 9.17) is 5.11 Å². The smallest absolute Gasteiger partial charge is 0.495 e. The normalized spacial score (nSPS) is 11.3. The van der Waals surface area contributed by atoms with Gasteiger partial charge in [-0.15, -0.1) is 13.2 Å². The summed E-state index contributed by atoms with van der Waals surface area (Å²) in [4.78, 5) is 13.1. The Labute approximate surface area is 87.4 Å². The summed E-state index contributed by atoms with van der Waals surface area (Å²) in [6.45, 7) is -0.807. The zero-order valence-electron chi connectivity index (χ0n) is 8.09. The van der Waals surface area contributed by atoms with E-state index in [1.54, 1.807) is 0 Å². The Balaban J connectivity index is 3.29. The van der Waals surface area contributed by atoms with Crippen molar-refractivity contribution in [3.8, 4) is 11.5 Å². The van der Waals surface area contributed by atoms with Crippen molar-refractivity contribution in [3.63, 3.8) is 0 Å². The van der Waals surface area contributed by atoms with Gasteiger partial charge in [-0.2, -0.15) is 0 Å². The lowest BCUT2D eigenvalue weighted by Gasteiger charge is -2.13. The molecule has 0 fully saturated rings. The van der Waals surface area contributed by atoms with Crippen LogP contribution in [0.2, 0.25) is 0 Å². The number of aromatic nitrogens is 1. The van der Waals surface area contributed by atoms with E-state index in [0.717, 1.165) is 6.20 Å². The van der Waals surface area contributed by atoms with E-state index in [9.17, 15) is 18.0 Å². The van der Waals surface area contributed by atoms with Gasteiger partial charge in [-0.05, 0) is 0 Å². The van der Waals surface area contributed by atoms with Gasteiger partial charge < -0.3 is 19.6 Å². The summed E-state index contributed by atoms with van der Waals surface area (Å²) in [6, 6.07) is 0. The second kappa shape index (κ2) is 4.44. The lowest BCUT2D eigenvalue weighted by atomic mass is 10.2. The number of nitrogens with one attached hydrogen (secondary N) is 1. The first-order chi connectivity index (χ1) is 7.39. The largest absolute Gasteiger partial charge is 0.573 e. The highest BCUT2D eigenvalue weighted by atomic mass is 19.4. The molecule has 16 heavy (non-hydrogen) atoms. The number of pyridine rings is 1. The Morgan fingerprint density at radius 2 is 2.12 bits per heavy atom. The first-order valence-corrected chi connectivity index (χ1v) is 4.04. The van der Waals surface area contributed by atoms with Crippen LogP contribution in [0.5, 0.6) is 11.5 Å². The minimum absolute atomic E-state index is 0.0960. The Hall–Kier alpha value is -1.70. The third-order valence-electron chi connectivity index (χ3n) is 1.71. The number of H-pyrrole nitrogens is 1. The summed E-state index contributed by atoms with van der Waals surface area (Å²) < 4.78 is 44.1. The van der Waals surface area contributed by atoms with Crippen LogP contribution in [0.4, 0.5) is 13.2 Å². The predicted octanol–water partition coefficient (Wildman–Crippen LogP) is 0.774. The third-order valence-corrected chi connectivity index (χ3v) is 1.71. The third kappa shape index (κ3) is 2.66. The Kier molecular flexibility index (Phi) is 3.43. The Morgan fingerprint density at radius 1 is 1.50 bits per heavy atom. The first-order valence-electron chi connectivity index (χ1n) is 4.04. The van der Waals surface area contributed by atoms with Crippen molar-refractivity contribution < 1.29 is 27.8 Å². The molecule has 0 radical (unpaired) electrons. The van der Waals surface area contributed by atoms with Gasteiger partial charge in [0.15, 0.2) is 0 Å². The van der Waals surface area contributed by atoms with E-state index in [0.29, 0.717) is 0 Å². The molecule has 0 bridgehead atoms. The van der Waals surface area contributed by atoms with Crippen LogP contribution in [0.3, 0.4) is 0 Å². The van der Waals surface area contributed by atoms with Crippen LogP contribution in [-0.4, -0.2) is 23.6 Å². The molecule has 0 aliphatic rings. The molecule has 0 saturated heterocycles. The van der Waals surface area contributed by atoms with Crippen LogP contribution in [0, 0.1) is 0 Å². The second-order valence-electron chi connectivity index (χ2n) is 2.70. The molecule has 8 heteroatoms. The van der Waals surface area contributed by atoms with Crippen molar-refractivity contribution in [2.75, 3.05) is 7.11 Å². The van der Waals surface area contributed by atoms with Crippen molar-refractivity contribution in [1.29, 1.82) is 0 Å². The van der Waals surface area contributed by atoms with Gasteiger partial charge in [0.25, 0.3) is 5.56 Å². The Bertz CT molecular complexity index is 426. The molecule has 0 amide bonds. The number of aliphatic hydroxyl groups is 1. The zero-order valence-corrected chi connectivity index (χ0v) is 8.09. The average molecular weight is 239 g/mol. The summed E-state index contributed by atoms with van der Waals surface area (Å²) in [5, 5.41) is 8.87. The topological polar surface area (TPSA) is 71.6 Å². The van der Waals surface area contributed by atoms with Crippen LogP contribution in [0.15, 0.2) is 11.0 Å². The highest BCUT2D eigenvalue weighted by Crippen LogP contribution is 2.28. The maximum Gasteiger partial charge on any atom is 0.573 e. The van der Waals surface area contributed by atoms with Crippen LogP contribution < -0.4 is 15.0 Å². The number of aliphatic hydroxyl groups excluding tert-OH is 1.